The maximum Gasteiger partial charge on any atom is 0.313 e. The van der Waals surface area contributed by atoms with Gasteiger partial charge in [0.2, 0.25) is 0 Å². The van der Waals surface area contributed by atoms with Crippen molar-refractivity contribution in [3.8, 4) is 0 Å². The highest BCUT2D eigenvalue weighted by Gasteiger charge is 2.21. The number of benzene rings is 2. The van der Waals surface area contributed by atoms with Gasteiger partial charge in [-0.3, -0.25) is 19.7 Å². The first kappa shape index (κ1) is 18.1. The Morgan fingerprint density at radius 3 is 2.40 bits per heavy atom. The number of hydrogen-bond acceptors (Lipinski definition) is 5. The molecule has 0 aliphatic carbocycles. The van der Waals surface area contributed by atoms with E-state index in [4.69, 9.17) is 4.74 Å². The third-order valence-corrected chi connectivity index (χ3v) is 3.62. The number of nitro benzene ring substituents is 1. The van der Waals surface area contributed by atoms with Gasteiger partial charge in [-0.2, -0.15) is 0 Å². The van der Waals surface area contributed by atoms with E-state index in [0.29, 0.717) is 6.42 Å². The third-order valence-electron chi connectivity index (χ3n) is 3.62. The van der Waals surface area contributed by atoms with Crippen LogP contribution in [0.1, 0.15) is 24.8 Å². The monoisotopic (exact) mass is 342 g/mol. The van der Waals surface area contributed by atoms with E-state index in [2.05, 4.69) is 5.32 Å². The van der Waals surface area contributed by atoms with Crippen LogP contribution in [-0.4, -0.2) is 23.4 Å². The Morgan fingerprint density at radius 2 is 1.76 bits per heavy atom. The molecule has 0 fully saturated rings. The van der Waals surface area contributed by atoms with Gasteiger partial charge in [0.25, 0.3) is 11.6 Å². The quantitative estimate of drug-likeness (QED) is 0.473. The Kier molecular flexibility index (Phi) is 6.22. The molecule has 0 aliphatic rings. The Balaban J connectivity index is 1.96. The van der Waals surface area contributed by atoms with Crippen molar-refractivity contribution in [3.63, 3.8) is 0 Å². The highest BCUT2D eigenvalue weighted by atomic mass is 16.6. The number of rotatable bonds is 7. The summed E-state index contributed by atoms with van der Waals surface area (Å²) in [6.07, 6.45) is 0.536. The molecular weight excluding hydrogens is 324 g/mol. The van der Waals surface area contributed by atoms with Crippen molar-refractivity contribution >= 4 is 23.3 Å². The zero-order valence-corrected chi connectivity index (χ0v) is 13.7. The number of ether oxygens (including phenoxy) is 1. The fraction of sp³-hybridized carbons (Fsp3) is 0.222. The van der Waals surface area contributed by atoms with Gasteiger partial charge in [-0.05, 0) is 18.1 Å². The van der Waals surface area contributed by atoms with E-state index in [9.17, 15) is 19.7 Å². The summed E-state index contributed by atoms with van der Waals surface area (Å²) in [6.45, 7) is 1.35. The number of nitro groups is 1. The molecule has 0 radical (unpaired) electrons. The topological polar surface area (TPSA) is 98.5 Å². The van der Waals surface area contributed by atoms with Crippen molar-refractivity contribution in [1.82, 2.24) is 0 Å². The minimum atomic E-state index is -0.634. The van der Waals surface area contributed by atoms with Crippen LogP contribution in [0.2, 0.25) is 0 Å². The predicted molar refractivity (Wildman–Crippen MR) is 92.2 cm³/mol. The van der Waals surface area contributed by atoms with Crippen LogP contribution in [0, 0.1) is 10.1 Å². The van der Waals surface area contributed by atoms with Crippen molar-refractivity contribution in [2.24, 2.45) is 0 Å². The molecule has 0 saturated carbocycles. The zero-order chi connectivity index (χ0) is 18.2. The van der Waals surface area contributed by atoms with Crippen LogP contribution in [0.3, 0.4) is 0 Å². The van der Waals surface area contributed by atoms with E-state index in [-0.39, 0.29) is 11.4 Å². The first-order chi connectivity index (χ1) is 12.0. The summed E-state index contributed by atoms with van der Waals surface area (Å²) in [7, 11) is 0. The van der Waals surface area contributed by atoms with Crippen LogP contribution < -0.4 is 5.32 Å². The molecular formula is C18H18N2O5. The lowest BCUT2D eigenvalue weighted by Crippen LogP contribution is -2.24. The standard InChI is InChI=1S/C18H18N2O5/c1-2-14(13-8-4-3-5-9-13)18(22)25-12-17(21)19-15-10-6-7-11-16(15)20(23)24/h3-11,14H,2,12H2,1H3,(H,19,21)/t14-/m0/s1. The molecule has 1 atom stereocenters. The molecule has 1 N–H and O–H groups in total. The van der Waals surface area contributed by atoms with Crippen molar-refractivity contribution < 1.29 is 19.2 Å². The lowest BCUT2D eigenvalue weighted by molar-refractivity contribution is -0.383. The number of carbonyl (C=O) groups is 2. The largest absolute Gasteiger partial charge is 0.455 e. The molecule has 130 valence electrons. The van der Waals surface area contributed by atoms with E-state index in [1.165, 1.54) is 18.2 Å². The molecule has 7 heteroatoms. The van der Waals surface area contributed by atoms with Gasteiger partial charge >= 0.3 is 5.97 Å². The molecule has 25 heavy (non-hydrogen) atoms. The average Bonchev–Trinajstić information content (AvgIpc) is 2.62. The Morgan fingerprint density at radius 1 is 1.12 bits per heavy atom. The van der Waals surface area contributed by atoms with Gasteiger partial charge < -0.3 is 10.1 Å². The first-order valence-corrected chi connectivity index (χ1v) is 7.77. The molecule has 2 rings (SSSR count). The van der Waals surface area contributed by atoms with Gasteiger partial charge in [0.05, 0.1) is 10.8 Å². The molecule has 1 amide bonds. The smallest absolute Gasteiger partial charge is 0.313 e. The Hall–Kier alpha value is -3.22. The fourth-order valence-corrected chi connectivity index (χ4v) is 2.39. The summed E-state index contributed by atoms with van der Waals surface area (Å²) in [4.78, 5) is 34.5. The molecule has 2 aromatic rings. The van der Waals surface area contributed by atoms with E-state index in [1.54, 1.807) is 6.07 Å². The van der Waals surface area contributed by atoms with Gasteiger partial charge in [0.15, 0.2) is 6.61 Å². The normalized spacial score (nSPS) is 11.4. The Labute approximate surface area is 144 Å². The van der Waals surface area contributed by atoms with E-state index >= 15 is 0 Å². The minimum absolute atomic E-state index is 0.0589. The summed E-state index contributed by atoms with van der Waals surface area (Å²) < 4.78 is 5.06. The van der Waals surface area contributed by atoms with Crippen LogP contribution in [0.5, 0.6) is 0 Å². The van der Waals surface area contributed by atoms with Crippen molar-refractivity contribution in [2.75, 3.05) is 11.9 Å². The number of nitrogens with one attached hydrogen (secondary N) is 1. The van der Waals surface area contributed by atoms with E-state index < -0.39 is 29.3 Å². The number of amides is 1. The van der Waals surface area contributed by atoms with E-state index in [0.717, 1.165) is 5.56 Å². The molecule has 0 aliphatic heterocycles. The molecule has 0 saturated heterocycles. The SMILES string of the molecule is CC[C@H](C(=O)OCC(=O)Nc1ccccc1[N+](=O)[O-])c1ccccc1. The number of para-hydroxylation sites is 2. The van der Waals surface area contributed by atoms with Crippen molar-refractivity contribution in [1.29, 1.82) is 0 Å². The van der Waals surface area contributed by atoms with Gasteiger partial charge in [0, 0.05) is 6.07 Å². The number of anilines is 1. The second-order valence-electron chi connectivity index (χ2n) is 5.30. The van der Waals surface area contributed by atoms with Crippen LogP contribution in [0.15, 0.2) is 54.6 Å². The number of esters is 1. The summed E-state index contributed by atoms with van der Waals surface area (Å²) in [5.41, 5.74) is 0.649. The lowest BCUT2D eigenvalue weighted by atomic mass is 9.97. The van der Waals surface area contributed by atoms with Crippen molar-refractivity contribution in [2.45, 2.75) is 19.3 Å². The summed E-state index contributed by atoms with van der Waals surface area (Å²) >= 11 is 0. The summed E-state index contributed by atoms with van der Waals surface area (Å²) in [5.74, 6) is -1.60. The summed E-state index contributed by atoms with van der Waals surface area (Å²) in [5, 5.41) is 13.3. The highest BCUT2D eigenvalue weighted by molar-refractivity contribution is 5.95. The van der Waals surface area contributed by atoms with Gasteiger partial charge in [-0.25, -0.2) is 0 Å². The van der Waals surface area contributed by atoms with Crippen molar-refractivity contribution in [3.05, 3.63) is 70.3 Å². The zero-order valence-electron chi connectivity index (χ0n) is 13.7. The second kappa shape index (κ2) is 8.58. The van der Waals surface area contributed by atoms with Gasteiger partial charge in [-0.15, -0.1) is 0 Å². The molecule has 0 bridgehead atoms. The molecule has 0 unspecified atom stereocenters. The third kappa shape index (κ3) is 4.87. The van der Waals surface area contributed by atoms with Crippen LogP contribution in [0.25, 0.3) is 0 Å². The molecule has 2 aromatic carbocycles. The first-order valence-electron chi connectivity index (χ1n) is 7.77. The molecule has 0 aromatic heterocycles. The van der Waals surface area contributed by atoms with E-state index in [1.807, 2.05) is 37.3 Å². The van der Waals surface area contributed by atoms with Crippen LogP contribution >= 0.6 is 0 Å². The van der Waals surface area contributed by atoms with Crippen LogP contribution in [-0.2, 0) is 14.3 Å². The Bertz CT molecular complexity index is 761. The van der Waals surface area contributed by atoms with Gasteiger partial charge in [0.1, 0.15) is 5.69 Å². The second-order valence-corrected chi connectivity index (χ2v) is 5.30. The predicted octanol–water partition coefficient (Wildman–Crippen LogP) is 3.27. The highest BCUT2D eigenvalue weighted by Crippen LogP contribution is 2.23. The maximum atomic E-state index is 12.2. The number of carbonyl (C=O) groups excluding carboxylic acids is 2. The lowest BCUT2D eigenvalue weighted by Gasteiger charge is -2.14. The summed E-state index contributed by atoms with van der Waals surface area (Å²) in [6, 6.07) is 14.9. The fourth-order valence-electron chi connectivity index (χ4n) is 2.39. The molecule has 7 nitrogen and oxygen atoms in total. The van der Waals surface area contributed by atoms with Crippen LogP contribution in [0.4, 0.5) is 11.4 Å². The number of hydrogen-bond donors (Lipinski definition) is 1. The maximum absolute atomic E-state index is 12.2. The average molecular weight is 342 g/mol. The molecule has 0 heterocycles. The minimum Gasteiger partial charge on any atom is -0.455 e. The van der Waals surface area contributed by atoms with Gasteiger partial charge in [-0.1, -0.05) is 49.4 Å². The number of nitrogens with zero attached hydrogens (tertiary/aromatic N) is 1. The molecule has 0 spiro atoms.